The van der Waals surface area contributed by atoms with Gasteiger partial charge in [-0.05, 0) is 42.9 Å². The van der Waals surface area contributed by atoms with Crippen LogP contribution in [-0.2, 0) is 6.42 Å². The zero-order valence-corrected chi connectivity index (χ0v) is 16.3. The zero-order valence-electron chi connectivity index (χ0n) is 16.3. The monoisotopic (exact) mass is 350 g/mol. The molecule has 0 bridgehead atoms. The van der Waals surface area contributed by atoms with Crippen LogP contribution < -0.4 is 10.6 Å². The first-order valence-electron chi connectivity index (χ1n) is 9.93. The van der Waals surface area contributed by atoms with E-state index in [9.17, 15) is 0 Å². The topological polar surface area (TPSA) is 24.1 Å². The maximum atomic E-state index is 3.68. The minimum atomic E-state index is 0.521. The predicted octanol–water partition coefficient (Wildman–Crippen LogP) is 4.93. The Kier molecular flexibility index (Phi) is 9.78. The molecule has 0 heterocycles. The van der Waals surface area contributed by atoms with Crippen molar-refractivity contribution in [1.82, 2.24) is 10.6 Å². The molecule has 0 spiro atoms. The van der Waals surface area contributed by atoms with E-state index < -0.39 is 0 Å². The first-order chi connectivity index (χ1) is 12.7. The Morgan fingerprint density at radius 2 is 1.62 bits per heavy atom. The Labute approximate surface area is 159 Å². The fraction of sp³-hybridized carbons (Fsp3) is 0.417. The molecule has 0 aliphatic heterocycles. The molecule has 2 N–H and O–H groups in total. The summed E-state index contributed by atoms with van der Waals surface area (Å²) in [7, 11) is 0. The van der Waals surface area contributed by atoms with Crippen LogP contribution in [0.3, 0.4) is 0 Å². The number of nitrogens with one attached hydrogen (secondary N) is 2. The van der Waals surface area contributed by atoms with E-state index >= 15 is 0 Å². The van der Waals surface area contributed by atoms with Gasteiger partial charge in [-0.2, -0.15) is 0 Å². The maximum Gasteiger partial charge on any atom is 0.0197 e. The lowest BCUT2D eigenvalue weighted by molar-refractivity contribution is 0.409. The van der Waals surface area contributed by atoms with Gasteiger partial charge in [0.2, 0.25) is 0 Å². The predicted molar refractivity (Wildman–Crippen MR) is 114 cm³/mol. The van der Waals surface area contributed by atoms with Crippen LogP contribution in [-0.4, -0.2) is 25.7 Å². The van der Waals surface area contributed by atoms with Crippen molar-refractivity contribution in [2.45, 2.75) is 39.2 Å². The molecule has 0 aromatic heterocycles. The van der Waals surface area contributed by atoms with Crippen molar-refractivity contribution in [1.29, 1.82) is 0 Å². The summed E-state index contributed by atoms with van der Waals surface area (Å²) in [5.41, 5.74) is 2.69. The fourth-order valence-electron chi connectivity index (χ4n) is 3.14. The number of aryl methyl sites for hydroxylation is 1. The Bertz CT molecular complexity index is 605. The molecule has 2 nitrogen and oxygen atoms in total. The van der Waals surface area contributed by atoms with Crippen LogP contribution in [0, 0.1) is 5.92 Å². The van der Waals surface area contributed by atoms with Gasteiger partial charge in [0.1, 0.15) is 0 Å². The smallest absolute Gasteiger partial charge is 0.0197 e. The minimum Gasteiger partial charge on any atom is -0.315 e. The van der Waals surface area contributed by atoms with E-state index in [2.05, 4.69) is 97.3 Å². The number of benzene rings is 2. The van der Waals surface area contributed by atoms with Crippen LogP contribution in [0.1, 0.15) is 37.8 Å². The largest absolute Gasteiger partial charge is 0.315 e. The van der Waals surface area contributed by atoms with Gasteiger partial charge in [-0.15, -0.1) is 0 Å². The van der Waals surface area contributed by atoms with Crippen molar-refractivity contribution in [3.05, 3.63) is 77.9 Å². The summed E-state index contributed by atoms with van der Waals surface area (Å²) in [6.07, 6.45) is 7.94. The molecule has 26 heavy (non-hydrogen) atoms. The Balaban J connectivity index is 1.65. The quantitative estimate of drug-likeness (QED) is 0.531. The average Bonchev–Trinajstić information content (AvgIpc) is 2.66. The van der Waals surface area contributed by atoms with Gasteiger partial charge in [0.15, 0.2) is 0 Å². The molecule has 1 unspecified atom stereocenters. The second-order valence-electron chi connectivity index (χ2n) is 7.34. The van der Waals surface area contributed by atoms with E-state index in [0.29, 0.717) is 12.0 Å². The molecule has 0 saturated heterocycles. The first-order valence-corrected chi connectivity index (χ1v) is 9.93. The summed E-state index contributed by atoms with van der Waals surface area (Å²) in [6.45, 7) is 7.61. The number of hydrogen-bond acceptors (Lipinski definition) is 2. The van der Waals surface area contributed by atoms with Gasteiger partial charge >= 0.3 is 0 Å². The Morgan fingerprint density at radius 3 is 2.31 bits per heavy atom. The van der Waals surface area contributed by atoms with E-state index in [4.69, 9.17) is 0 Å². The molecule has 0 fully saturated rings. The lowest BCUT2D eigenvalue weighted by Gasteiger charge is -2.20. The first kappa shape index (κ1) is 20.4. The standard InChI is InChI=1S/C24H34N2/c1-21(2)19-24(26-18-10-16-23-13-7-4-8-14-23)20-25-17-9-15-22-11-5-3-6-12-22/h3-8,10-14,16,21,24-26H,9,15,17-20H2,1-2H3/b16-10+. The summed E-state index contributed by atoms with van der Waals surface area (Å²) < 4.78 is 0. The fourth-order valence-corrected chi connectivity index (χ4v) is 3.14. The number of rotatable bonds is 12. The maximum absolute atomic E-state index is 3.68. The van der Waals surface area contributed by atoms with Crippen LogP contribution in [0.2, 0.25) is 0 Å². The van der Waals surface area contributed by atoms with E-state index in [1.807, 2.05) is 0 Å². The molecule has 0 aliphatic carbocycles. The van der Waals surface area contributed by atoms with Crippen molar-refractivity contribution in [3.63, 3.8) is 0 Å². The van der Waals surface area contributed by atoms with Gasteiger partial charge in [-0.3, -0.25) is 0 Å². The molecule has 2 aromatic carbocycles. The molecule has 0 radical (unpaired) electrons. The van der Waals surface area contributed by atoms with Crippen molar-refractivity contribution < 1.29 is 0 Å². The van der Waals surface area contributed by atoms with Crippen molar-refractivity contribution in [3.8, 4) is 0 Å². The molecule has 140 valence electrons. The van der Waals surface area contributed by atoms with Crippen molar-refractivity contribution in [2.24, 2.45) is 5.92 Å². The van der Waals surface area contributed by atoms with Crippen LogP contribution in [0.5, 0.6) is 0 Å². The SMILES string of the molecule is CC(C)CC(CNCCCc1ccccc1)NC/C=C/c1ccccc1. The third-order valence-corrected chi connectivity index (χ3v) is 4.44. The van der Waals surface area contributed by atoms with E-state index in [-0.39, 0.29) is 0 Å². The Hall–Kier alpha value is -1.90. The van der Waals surface area contributed by atoms with Gasteiger partial charge in [-0.1, -0.05) is 86.7 Å². The summed E-state index contributed by atoms with van der Waals surface area (Å²) in [5, 5.41) is 7.31. The van der Waals surface area contributed by atoms with Crippen LogP contribution in [0.15, 0.2) is 66.7 Å². The summed E-state index contributed by atoms with van der Waals surface area (Å²) >= 11 is 0. The molecule has 2 rings (SSSR count). The third-order valence-electron chi connectivity index (χ3n) is 4.44. The van der Waals surface area contributed by atoms with Gasteiger partial charge in [0, 0.05) is 19.1 Å². The van der Waals surface area contributed by atoms with E-state index in [1.54, 1.807) is 0 Å². The van der Waals surface area contributed by atoms with Gasteiger partial charge < -0.3 is 10.6 Å². The second kappa shape index (κ2) is 12.5. The molecule has 1 atom stereocenters. The molecule has 0 saturated carbocycles. The highest BCUT2D eigenvalue weighted by molar-refractivity contribution is 5.48. The highest BCUT2D eigenvalue weighted by Gasteiger charge is 2.09. The molecule has 2 heteroatoms. The third kappa shape index (κ3) is 8.98. The van der Waals surface area contributed by atoms with Gasteiger partial charge in [0.05, 0.1) is 0 Å². The highest BCUT2D eigenvalue weighted by Crippen LogP contribution is 2.05. The van der Waals surface area contributed by atoms with E-state index in [1.165, 1.54) is 24.0 Å². The van der Waals surface area contributed by atoms with Gasteiger partial charge in [-0.25, -0.2) is 0 Å². The molecule has 0 aliphatic rings. The lowest BCUT2D eigenvalue weighted by atomic mass is 10.0. The summed E-state index contributed by atoms with van der Waals surface area (Å²) in [6, 6.07) is 21.7. The van der Waals surface area contributed by atoms with Crippen molar-refractivity contribution >= 4 is 6.08 Å². The van der Waals surface area contributed by atoms with Crippen LogP contribution >= 0.6 is 0 Å². The highest BCUT2D eigenvalue weighted by atomic mass is 15.0. The molecular weight excluding hydrogens is 316 g/mol. The van der Waals surface area contributed by atoms with Crippen LogP contribution in [0.4, 0.5) is 0 Å². The number of hydrogen-bond donors (Lipinski definition) is 2. The summed E-state index contributed by atoms with van der Waals surface area (Å²) in [4.78, 5) is 0. The minimum absolute atomic E-state index is 0.521. The average molecular weight is 351 g/mol. The van der Waals surface area contributed by atoms with E-state index in [0.717, 1.165) is 26.1 Å². The van der Waals surface area contributed by atoms with Gasteiger partial charge in [0.25, 0.3) is 0 Å². The molecular formula is C24H34N2. The summed E-state index contributed by atoms with van der Waals surface area (Å²) in [5.74, 6) is 0.705. The zero-order chi connectivity index (χ0) is 18.5. The normalized spacial score (nSPS) is 12.7. The molecule has 2 aromatic rings. The second-order valence-corrected chi connectivity index (χ2v) is 7.34. The molecule has 0 amide bonds. The lowest BCUT2D eigenvalue weighted by Crippen LogP contribution is -2.40. The Morgan fingerprint density at radius 1 is 0.923 bits per heavy atom. The van der Waals surface area contributed by atoms with Crippen LogP contribution in [0.25, 0.3) is 6.08 Å². The van der Waals surface area contributed by atoms with Crippen molar-refractivity contribution in [2.75, 3.05) is 19.6 Å².